The number of hydrogen-bond acceptors (Lipinski definition) is 2. The smallest absolute Gasteiger partial charge is 0.124 e. The summed E-state index contributed by atoms with van der Waals surface area (Å²) in [6.07, 6.45) is 6.41. The van der Waals surface area contributed by atoms with Crippen molar-refractivity contribution in [2.45, 2.75) is 39.0 Å². The lowest BCUT2D eigenvalue weighted by molar-refractivity contribution is 0.233. The monoisotopic (exact) mass is 280 g/mol. The van der Waals surface area contributed by atoms with Crippen molar-refractivity contribution in [2.24, 2.45) is 11.1 Å². The summed E-state index contributed by atoms with van der Waals surface area (Å²) in [7, 11) is 0. The number of halogens is 1. The van der Waals surface area contributed by atoms with Gasteiger partial charge < -0.3 is 11.1 Å². The van der Waals surface area contributed by atoms with Gasteiger partial charge in [-0.2, -0.15) is 0 Å². The zero-order valence-electron chi connectivity index (χ0n) is 11.3. The molecule has 0 amide bonds. The van der Waals surface area contributed by atoms with Gasteiger partial charge in [-0.25, -0.2) is 4.39 Å². The fraction of sp³-hybridized carbons (Fsp3) is 0.533. The van der Waals surface area contributed by atoms with Crippen molar-refractivity contribution in [2.75, 3.05) is 11.9 Å². The highest BCUT2D eigenvalue weighted by atomic mass is 32.1. The van der Waals surface area contributed by atoms with Gasteiger partial charge in [0, 0.05) is 17.8 Å². The van der Waals surface area contributed by atoms with Gasteiger partial charge in [0.05, 0.1) is 0 Å². The molecule has 0 spiro atoms. The summed E-state index contributed by atoms with van der Waals surface area (Å²) < 4.78 is 13.2. The molecule has 0 aromatic heterocycles. The molecular weight excluding hydrogens is 259 g/mol. The maximum atomic E-state index is 13.2. The summed E-state index contributed by atoms with van der Waals surface area (Å²) in [5, 5.41) is 3.40. The van der Waals surface area contributed by atoms with Crippen molar-refractivity contribution >= 4 is 22.9 Å². The molecule has 1 aromatic rings. The Labute approximate surface area is 119 Å². The molecule has 2 rings (SSSR count). The van der Waals surface area contributed by atoms with Gasteiger partial charge in [0.2, 0.25) is 0 Å². The average molecular weight is 280 g/mol. The van der Waals surface area contributed by atoms with E-state index in [-0.39, 0.29) is 10.8 Å². The van der Waals surface area contributed by atoms with Crippen molar-refractivity contribution < 1.29 is 4.39 Å². The number of nitrogens with two attached hydrogens (primary N) is 1. The first-order chi connectivity index (χ1) is 9.00. The van der Waals surface area contributed by atoms with Crippen LogP contribution in [0.5, 0.6) is 0 Å². The predicted octanol–water partition coefficient (Wildman–Crippen LogP) is 3.84. The normalized spacial score (nSPS) is 18.0. The predicted molar refractivity (Wildman–Crippen MR) is 82.0 cm³/mol. The van der Waals surface area contributed by atoms with Crippen LogP contribution in [0.1, 0.15) is 44.6 Å². The van der Waals surface area contributed by atoms with Crippen LogP contribution >= 0.6 is 12.2 Å². The standard InChI is InChI=1S/C15H21FN2S/c1-15(7-3-2-4-8-15)10-18-13-6-5-11(16)9-12(13)14(17)19/h5-6,9,18H,2-4,7-8,10H2,1H3,(H2,17,19). The topological polar surface area (TPSA) is 38.0 Å². The Balaban J connectivity index is 2.08. The number of nitrogens with one attached hydrogen (secondary N) is 1. The lowest BCUT2D eigenvalue weighted by Gasteiger charge is -2.34. The van der Waals surface area contributed by atoms with Gasteiger partial charge in [-0.05, 0) is 36.5 Å². The highest BCUT2D eigenvalue weighted by molar-refractivity contribution is 7.80. The van der Waals surface area contributed by atoms with E-state index in [1.807, 2.05) is 0 Å². The van der Waals surface area contributed by atoms with E-state index in [1.165, 1.54) is 44.2 Å². The molecule has 1 saturated carbocycles. The van der Waals surface area contributed by atoms with E-state index in [0.29, 0.717) is 11.0 Å². The molecule has 0 atom stereocenters. The van der Waals surface area contributed by atoms with Gasteiger partial charge in [-0.15, -0.1) is 0 Å². The van der Waals surface area contributed by atoms with Crippen molar-refractivity contribution in [1.82, 2.24) is 0 Å². The van der Waals surface area contributed by atoms with Crippen molar-refractivity contribution in [3.8, 4) is 0 Å². The maximum Gasteiger partial charge on any atom is 0.124 e. The Kier molecular flexibility index (Phi) is 4.40. The van der Waals surface area contributed by atoms with Crippen LogP contribution in [-0.2, 0) is 0 Å². The SMILES string of the molecule is CC1(CNc2ccc(F)cc2C(N)=S)CCCCC1. The minimum absolute atomic E-state index is 0.232. The number of rotatable bonds is 4. The zero-order chi connectivity index (χ0) is 13.9. The summed E-state index contributed by atoms with van der Waals surface area (Å²) in [6, 6.07) is 4.55. The molecule has 104 valence electrons. The second-order valence-corrected chi connectivity index (χ2v) is 6.22. The van der Waals surface area contributed by atoms with E-state index in [0.717, 1.165) is 12.2 Å². The zero-order valence-corrected chi connectivity index (χ0v) is 12.2. The first-order valence-electron chi connectivity index (χ1n) is 6.83. The second kappa shape index (κ2) is 5.87. The Hall–Kier alpha value is -1.16. The molecule has 0 saturated heterocycles. The summed E-state index contributed by atoms with van der Waals surface area (Å²) in [6.45, 7) is 3.19. The number of thiocarbonyl (C=S) groups is 1. The van der Waals surface area contributed by atoms with Crippen LogP contribution in [0.4, 0.5) is 10.1 Å². The Morgan fingerprint density at radius 2 is 2.05 bits per heavy atom. The molecule has 19 heavy (non-hydrogen) atoms. The van der Waals surface area contributed by atoms with Crippen LogP contribution in [0.15, 0.2) is 18.2 Å². The van der Waals surface area contributed by atoms with Gasteiger partial charge in [0.15, 0.2) is 0 Å². The molecule has 0 bridgehead atoms. The van der Waals surface area contributed by atoms with E-state index in [9.17, 15) is 4.39 Å². The molecule has 1 aliphatic rings. The van der Waals surface area contributed by atoms with Crippen molar-refractivity contribution in [3.05, 3.63) is 29.6 Å². The van der Waals surface area contributed by atoms with E-state index < -0.39 is 0 Å². The van der Waals surface area contributed by atoms with Crippen LogP contribution in [0, 0.1) is 11.2 Å². The summed E-state index contributed by atoms with van der Waals surface area (Å²) in [4.78, 5) is 0.232. The quantitative estimate of drug-likeness (QED) is 0.823. The molecular formula is C15H21FN2S. The number of anilines is 1. The van der Waals surface area contributed by atoms with Crippen LogP contribution in [-0.4, -0.2) is 11.5 Å². The van der Waals surface area contributed by atoms with Crippen LogP contribution in [0.2, 0.25) is 0 Å². The van der Waals surface area contributed by atoms with E-state index in [4.69, 9.17) is 18.0 Å². The highest BCUT2D eigenvalue weighted by Gasteiger charge is 2.26. The third-order valence-electron chi connectivity index (χ3n) is 4.01. The van der Waals surface area contributed by atoms with E-state index in [1.54, 1.807) is 6.07 Å². The molecule has 2 nitrogen and oxygen atoms in total. The molecule has 0 heterocycles. The summed E-state index contributed by atoms with van der Waals surface area (Å²) in [5.41, 5.74) is 7.40. The van der Waals surface area contributed by atoms with Gasteiger partial charge in [0.25, 0.3) is 0 Å². The maximum absolute atomic E-state index is 13.2. The Morgan fingerprint density at radius 3 is 2.68 bits per heavy atom. The van der Waals surface area contributed by atoms with Gasteiger partial charge >= 0.3 is 0 Å². The first-order valence-corrected chi connectivity index (χ1v) is 7.24. The van der Waals surface area contributed by atoms with Gasteiger partial charge in [-0.1, -0.05) is 38.4 Å². The molecule has 0 unspecified atom stereocenters. The third kappa shape index (κ3) is 3.66. The molecule has 1 aliphatic carbocycles. The van der Waals surface area contributed by atoms with Crippen LogP contribution < -0.4 is 11.1 Å². The largest absolute Gasteiger partial charge is 0.389 e. The van der Waals surface area contributed by atoms with E-state index >= 15 is 0 Å². The van der Waals surface area contributed by atoms with Crippen molar-refractivity contribution in [3.63, 3.8) is 0 Å². The van der Waals surface area contributed by atoms with Crippen molar-refractivity contribution in [1.29, 1.82) is 0 Å². The minimum Gasteiger partial charge on any atom is -0.389 e. The molecule has 4 heteroatoms. The second-order valence-electron chi connectivity index (χ2n) is 5.78. The lowest BCUT2D eigenvalue weighted by atomic mass is 9.75. The highest BCUT2D eigenvalue weighted by Crippen LogP contribution is 2.36. The van der Waals surface area contributed by atoms with Gasteiger partial charge in [0.1, 0.15) is 10.8 Å². The molecule has 0 aliphatic heterocycles. The third-order valence-corrected chi connectivity index (χ3v) is 4.23. The van der Waals surface area contributed by atoms with E-state index in [2.05, 4.69) is 12.2 Å². The fourth-order valence-electron chi connectivity index (χ4n) is 2.77. The molecule has 3 N–H and O–H groups in total. The minimum atomic E-state index is -0.308. The fourth-order valence-corrected chi connectivity index (χ4v) is 2.93. The molecule has 1 aromatic carbocycles. The first kappa shape index (κ1) is 14.3. The summed E-state index contributed by atoms with van der Waals surface area (Å²) >= 11 is 4.98. The van der Waals surface area contributed by atoms with Crippen LogP contribution in [0.25, 0.3) is 0 Å². The van der Waals surface area contributed by atoms with Crippen LogP contribution in [0.3, 0.4) is 0 Å². The lowest BCUT2D eigenvalue weighted by Crippen LogP contribution is -2.29. The molecule has 0 radical (unpaired) electrons. The Morgan fingerprint density at radius 1 is 1.37 bits per heavy atom. The number of hydrogen-bond donors (Lipinski definition) is 2. The average Bonchev–Trinajstić information content (AvgIpc) is 2.38. The number of benzene rings is 1. The Bertz CT molecular complexity index is 467. The van der Waals surface area contributed by atoms with Gasteiger partial charge in [-0.3, -0.25) is 0 Å². The molecule has 1 fully saturated rings. The summed E-state index contributed by atoms with van der Waals surface area (Å²) in [5.74, 6) is -0.308.